The average Bonchev–Trinajstić information content (AvgIpc) is 2.39. The summed E-state index contributed by atoms with van der Waals surface area (Å²) in [6.07, 6.45) is 6.37. The molecule has 1 aliphatic heterocycles. The minimum absolute atomic E-state index is 0. The third-order valence-electron chi connectivity index (χ3n) is 4.88. The van der Waals surface area contributed by atoms with Crippen LogP contribution in [0.4, 0.5) is 0 Å². The third kappa shape index (κ3) is 4.09. The van der Waals surface area contributed by atoms with E-state index in [1.165, 1.54) is 0 Å². The van der Waals surface area contributed by atoms with Crippen LogP contribution in [0, 0.1) is 11.8 Å². The highest BCUT2D eigenvalue weighted by molar-refractivity contribution is 5.85. The lowest BCUT2D eigenvalue weighted by Crippen LogP contribution is -2.54. The van der Waals surface area contributed by atoms with Crippen LogP contribution in [0.5, 0.6) is 0 Å². The second-order valence-electron chi connectivity index (χ2n) is 6.53. The molecule has 4 nitrogen and oxygen atoms in total. The standard InChI is InChI=1S/C15H28N2O2.ClH/c1-15(16)8-4-3-5-13(15)14(18)17-9-6-12(7-10-17)11-19-2;/h12-13H,3-11,16H2,1-2H3;1H. The van der Waals surface area contributed by atoms with Crippen LogP contribution in [-0.4, -0.2) is 43.2 Å². The van der Waals surface area contributed by atoms with E-state index < -0.39 is 0 Å². The molecule has 0 aromatic heterocycles. The van der Waals surface area contributed by atoms with Gasteiger partial charge in [-0.1, -0.05) is 12.8 Å². The van der Waals surface area contributed by atoms with Crippen molar-refractivity contribution in [3.8, 4) is 0 Å². The van der Waals surface area contributed by atoms with Gasteiger partial charge in [0.15, 0.2) is 0 Å². The fourth-order valence-electron chi connectivity index (χ4n) is 3.54. The lowest BCUT2D eigenvalue weighted by molar-refractivity contribution is -0.140. The van der Waals surface area contributed by atoms with Crippen molar-refractivity contribution >= 4 is 18.3 Å². The van der Waals surface area contributed by atoms with E-state index in [1.54, 1.807) is 7.11 Å². The Morgan fingerprint density at radius 2 is 1.95 bits per heavy atom. The number of carbonyl (C=O) groups is 1. The van der Waals surface area contributed by atoms with Crippen molar-refractivity contribution in [2.24, 2.45) is 17.6 Å². The largest absolute Gasteiger partial charge is 0.384 e. The van der Waals surface area contributed by atoms with Crippen LogP contribution < -0.4 is 5.73 Å². The summed E-state index contributed by atoms with van der Waals surface area (Å²) in [5, 5.41) is 0. The SMILES string of the molecule is COCC1CCN(C(=O)C2CCCCC2(C)N)CC1.Cl. The summed E-state index contributed by atoms with van der Waals surface area (Å²) >= 11 is 0. The summed E-state index contributed by atoms with van der Waals surface area (Å²) < 4.78 is 5.20. The molecule has 2 rings (SSSR count). The number of amides is 1. The van der Waals surface area contributed by atoms with Gasteiger partial charge in [0.1, 0.15) is 0 Å². The van der Waals surface area contributed by atoms with Crippen LogP contribution in [0.3, 0.4) is 0 Å². The van der Waals surface area contributed by atoms with Crippen LogP contribution in [-0.2, 0) is 9.53 Å². The number of carbonyl (C=O) groups excluding carboxylic acids is 1. The molecule has 1 aliphatic carbocycles. The fourth-order valence-corrected chi connectivity index (χ4v) is 3.54. The topological polar surface area (TPSA) is 55.6 Å². The van der Waals surface area contributed by atoms with E-state index >= 15 is 0 Å². The van der Waals surface area contributed by atoms with Gasteiger partial charge >= 0.3 is 0 Å². The minimum Gasteiger partial charge on any atom is -0.384 e. The minimum atomic E-state index is -0.307. The molecule has 5 heteroatoms. The Morgan fingerprint density at radius 3 is 2.50 bits per heavy atom. The van der Waals surface area contributed by atoms with Gasteiger partial charge in [-0.05, 0) is 38.5 Å². The lowest BCUT2D eigenvalue weighted by Gasteiger charge is -2.41. The zero-order chi connectivity index (χ0) is 13.9. The third-order valence-corrected chi connectivity index (χ3v) is 4.88. The molecule has 1 heterocycles. The molecule has 1 amide bonds. The number of nitrogens with zero attached hydrogens (tertiary/aromatic N) is 1. The van der Waals surface area contributed by atoms with E-state index in [-0.39, 0.29) is 23.9 Å². The van der Waals surface area contributed by atoms with Gasteiger partial charge in [-0.15, -0.1) is 12.4 Å². The molecule has 0 spiro atoms. The lowest BCUT2D eigenvalue weighted by atomic mass is 9.73. The Morgan fingerprint density at radius 1 is 1.30 bits per heavy atom. The van der Waals surface area contributed by atoms with E-state index in [1.807, 2.05) is 11.8 Å². The normalized spacial score (nSPS) is 31.8. The molecule has 118 valence electrons. The molecule has 2 atom stereocenters. The van der Waals surface area contributed by atoms with Crippen molar-refractivity contribution in [1.82, 2.24) is 4.90 Å². The van der Waals surface area contributed by atoms with E-state index in [0.29, 0.717) is 11.8 Å². The van der Waals surface area contributed by atoms with E-state index in [4.69, 9.17) is 10.5 Å². The maximum absolute atomic E-state index is 12.6. The van der Waals surface area contributed by atoms with Crippen LogP contribution in [0.1, 0.15) is 45.4 Å². The zero-order valence-electron chi connectivity index (χ0n) is 12.8. The van der Waals surface area contributed by atoms with E-state index in [2.05, 4.69) is 0 Å². The molecule has 2 unspecified atom stereocenters. The van der Waals surface area contributed by atoms with Crippen molar-refractivity contribution < 1.29 is 9.53 Å². The fraction of sp³-hybridized carbons (Fsp3) is 0.933. The number of rotatable bonds is 3. The smallest absolute Gasteiger partial charge is 0.227 e. The van der Waals surface area contributed by atoms with Crippen LogP contribution in [0.25, 0.3) is 0 Å². The first-order chi connectivity index (χ1) is 9.04. The van der Waals surface area contributed by atoms with Crippen molar-refractivity contribution in [2.45, 2.75) is 51.0 Å². The summed E-state index contributed by atoms with van der Waals surface area (Å²) in [5.74, 6) is 0.936. The highest BCUT2D eigenvalue weighted by Crippen LogP contribution is 2.33. The maximum Gasteiger partial charge on any atom is 0.227 e. The van der Waals surface area contributed by atoms with Crippen molar-refractivity contribution in [1.29, 1.82) is 0 Å². The maximum atomic E-state index is 12.6. The number of piperidine rings is 1. The number of hydrogen-bond donors (Lipinski definition) is 1. The molecular weight excluding hydrogens is 276 g/mol. The number of methoxy groups -OCH3 is 1. The van der Waals surface area contributed by atoms with Crippen LogP contribution in [0.2, 0.25) is 0 Å². The van der Waals surface area contributed by atoms with Gasteiger partial charge in [0.05, 0.1) is 5.92 Å². The molecule has 2 fully saturated rings. The Balaban J connectivity index is 0.00000200. The first-order valence-corrected chi connectivity index (χ1v) is 7.61. The summed E-state index contributed by atoms with van der Waals surface area (Å²) in [7, 11) is 1.75. The molecule has 20 heavy (non-hydrogen) atoms. The summed E-state index contributed by atoms with van der Waals surface area (Å²) in [5.41, 5.74) is 6.03. The second kappa shape index (κ2) is 7.62. The van der Waals surface area contributed by atoms with E-state index in [9.17, 15) is 4.79 Å². The first-order valence-electron chi connectivity index (χ1n) is 7.61. The average molecular weight is 305 g/mol. The van der Waals surface area contributed by atoms with Gasteiger partial charge in [-0.25, -0.2) is 0 Å². The zero-order valence-corrected chi connectivity index (χ0v) is 13.6. The van der Waals surface area contributed by atoms with Crippen LogP contribution in [0.15, 0.2) is 0 Å². The molecule has 0 radical (unpaired) electrons. The molecule has 2 N–H and O–H groups in total. The first kappa shape index (κ1) is 17.7. The summed E-state index contributed by atoms with van der Waals surface area (Å²) in [6, 6.07) is 0. The highest BCUT2D eigenvalue weighted by Gasteiger charge is 2.40. The van der Waals surface area contributed by atoms with Gasteiger partial charge in [-0.3, -0.25) is 4.79 Å². The number of halogens is 1. The van der Waals surface area contributed by atoms with E-state index in [0.717, 1.165) is 58.2 Å². The molecule has 0 aromatic carbocycles. The number of nitrogens with two attached hydrogens (primary N) is 1. The van der Waals surface area contributed by atoms with Crippen LogP contribution >= 0.6 is 12.4 Å². The molecule has 0 aromatic rings. The Hall–Kier alpha value is -0.320. The van der Waals surface area contributed by atoms with Gasteiger partial charge in [0, 0.05) is 32.3 Å². The van der Waals surface area contributed by atoms with Gasteiger partial charge in [0.25, 0.3) is 0 Å². The molecule has 1 saturated heterocycles. The second-order valence-corrected chi connectivity index (χ2v) is 6.53. The monoisotopic (exact) mass is 304 g/mol. The Bertz CT molecular complexity index is 315. The Kier molecular flexibility index (Phi) is 6.76. The van der Waals surface area contributed by atoms with Gasteiger partial charge in [0.2, 0.25) is 5.91 Å². The predicted octanol–water partition coefficient (Wildman–Crippen LogP) is 2.20. The molecule has 2 aliphatic rings. The molecule has 0 bridgehead atoms. The van der Waals surface area contributed by atoms with Crippen molar-refractivity contribution in [2.75, 3.05) is 26.8 Å². The predicted molar refractivity (Wildman–Crippen MR) is 83.0 cm³/mol. The summed E-state index contributed by atoms with van der Waals surface area (Å²) in [4.78, 5) is 14.7. The quantitative estimate of drug-likeness (QED) is 0.869. The number of hydrogen-bond acceptors (Lipinski definition) is 3. The highest BCUT2D eigenvalue weighted by atomic mass is 35.5. The number of ether oxygens (including phenoxy) is 1. The molecule has 1 saturated carbocycles. The summed E-state index contributed by atoms with van der Waals surface area (Å²) in [6.45, 7) is 4.62. The van der Waals surface area contributed by atoms with Crippen molar-refractivity contribution in [3.63, 3.8) is 0 Å². The van der Waals surface area contributed by atoms with Crippen molar-refractivity contribution in [3.05, 3.63) is 0 Å². The Labute approximate surface area is 128 Å². The number of likely N-dealkylation sites (tertiary alicyclic amines) is 1. The van der Waals surface area contributed by atoms with Gasteiger partial charge in [-0.2, -0.15) is 0 Å². The van der Waals surface area contributed by atoms with Gasteiger partial charge < -0.3 is 15.4 Å². The molecular formula is C15H29ClN2O2.